The van der Waals surface area contributed by atoms with E-state index in [1.807, 2.05) is 0 Å². The first-order valence-electron chi connectivity index (χ1n) is 6.86. The third-order valence-electron chi connectivity index (χ3n) is 3.51. The van der Waals surface area contributed by atoms with Crippen LogP contribution in [0, 0.1) is 22.9 Å². The van der Waals surface area contributed by atoms with Crippen molar-refractivity contribution in [2.75, 3.05) is 19.7 Å². The minimum atomic E-state index is -1.07. The number of carboxylic acid groups (broad SMARTS) is 1. The Morgan fingerprint density at radius 2 is 2.22 bits per heavy atom. The molecule has 2 rings (SSSR count). The number of aliphatic carboxylic acids is 1. The first kappa shape index (κ1) is 16.8. The van der Waals surface area contributed by atoms with Gasteiger partial charge in [-0.1, -0.05) is 0 Å². The van der Waals surface area contributed by atoms with Crippen molar-refractivity contribution >= 4 is 17.6 Å². The van der Waals surface area contributed by atoms with Crippen LogP contribution in [0.1, 0.15) is 22.3 Å². The van der Waals surface area contributed by atoms with Gasteiger partial charge in [-0.15, -0.1) is 0 Å². The second-order valence-electron chi connectivity index (χ2n) is 5.22. The van der Waals surface area contributed by atoms with Crippen LogP contribution in [0.5, 0.6) is 0 Å². The predicted octanol–water partition coefficient (Wildman–Crippen LogP) is 1.36. The molecule has 8 nitrogen and oxygen atoms in total. The molecule has 1 atom stereocenters. The molecule has 1 saturated heterocycles. The zero-order valence-corrected chi connectivity index (χ0v) is 12.3. The van der Waals surface area contributed by atoms with Crippen LogP contribution in [0.3, 0.4) is 0 Å². The summed E-state index contributed by atoms with van der Waals surface area (Å²) in [4.78, 5) is 34.9. The number of morpholine rings is 1. The molecule has 23 heavy (non-hydrogen) atoms. The summed E-state index contributed by atoms with van der Waals surface area (Å²) >= 11 is 0. The maximum absolute atomic E-state index is 13.6. The Hall–Kier alpha value is -2.55. The van der Waals surface area contributed by atoms with Crippen molar-refractivity contribution in [3.63, 3.8) is 0 Å². The molecule has 0 spiro atoms. The molecule has 0 radical (unpaired) electrons. The second kappa shape index (κ2) is 6.69. The van der Waals surface area contributed by atoms with E-state index in [0.717, 1.165) is 12.1 Å². The Morgan fingerprint density at radius 3 is 2.83 bits per heavy atom. The molecule has 1 aromatic carbocycles. The van der Waals surface area contributed by atoms with E-state index in [2.05, 4.69) is 0 Å². The number of carbonyl (C=O) groups is 2. The summed E-state index contributed by atoms with van der Waals surface area (Å²) in [6.45, 7) is 1.61. The highest BCUT2D eigenvalue weighted by Crippen LogP contribution is 2.26. The van der Waals surface area contributed by atoms with E-state index in [4.69, 9.17) is 9.84 Å². The highest BCUT2D eigenvalue weighted by molar-refractivity contribution is 5.98. The van der Waals surface area contributed by atoms with E-state index < -0.39 is 34.4 Å². The summed E-state index contributed by atoms with van der Waals surface area (Å²) in [5.41, 5.74) is -0.741. The minimum absolute atomic E-state index is 0.0160. The monoisotopic (exact) mass is 326 g/mol. The largest absolute Gasteiger partial charge is 0.481 e. The number of amides is 1. The van der Waals surface area contributed by atoms with Gasteiger partial charge in [0.25, 0.3) is 11.6 Å². The number of nitro groups is 1. The number of halogens is 1. The van der Waals surface area contributed by atoms with Crippen LogP contribution in [-0.4, -0.2) is 52.6 Å². The topological polar surface area (TPSA) is 110 Å². The average molecular weight is 326 g/mol. The molecular formula is C14H15FN2O6. The molecule has 1 aromatic rings. The Labute approximate surface area is 130 Å². The number of aryl methyl sites for hydroxylation is 1. The SMILES string of the molecule is Cc1cc(F)cc(C(=O)N2CCOC(CC(=O)O)C2)c1[N+](=O)[O-]. The molecule has 0 bridgehead atoms. The van der Waals surface area contributed by atoms with Crippen LogP contribution < -0.4 is 0 Å². The Bertz CT molecular complexity index is 663. The Balaban J connectivity index is 2.29. The molecule has 1 unspecified atom stereocenters. The van der Waals surface area contributed by atoms with Gasteiger partial charge in [-0.2, -0.15) is 0 Å². The third-order valence-corrected chi connectivity index (χ3v) is 3.51. The van der Waals surface area contributed by atoms with Crippen molar-refractivity contribution in [3.8, 4) is 0 Å². The molecule has 0 aromatic heterocycles. The molecule has 0 saturated carbocycles. The summed E-state index contributed by atoms with van der Waals surface area (Å²) in [6.07, 6.45) is -0.979. The molecule has 124 valence electrons. The summed E-state index contributed by atoms with van der Waals surface area (Å²) < 4.78 is 18.8. The highest BCUT2D eigenvalue weighted by Gasteiger charge is 2.31. The highest BCUT2D eigenvalue weighted by atomic mass is 19.1. The molecule has 1 aliphatic heterocycles. The normalized spacial score (nSPS) is 17.8. The fourth-order valence-corrected chi connectivity index (χ4v) is 2.53. The van der Waals surface area contributed by atoms with Gasteiger partial charge in [0, 0.05) is 18.7 Å². The number of ether oxygens (including phenoxy) is 1. The van der Waals surface area contributed by atoms with E-state index in [1.54, 1.807) is 0 Å². The lowest BCUT2D eigenvalue weighted by Crippen LogP contribution is -2.46. The Morgan fingerprint density at radius 1 is 1.52 bits per heavy atom. The summed E-state index contributed by atoms with van der Waals surface area (Å²) in [6, 6.07) is 1.82. The predicted molar refractivity (Wildman–Crippen MR) is 75.7 cm³/mol. The van der Waals surface area contributed by atoms with Crippen LogP contribution in [0.15, 0.2) is 12.1 Å². The molecular weight excluding hydrogens is 311 g/mol. The lowest BCUT2D eigenvalue weighted by atomic mass is 10.1. The van der Waals surface area contributed by atoms with Crippen molar-refractivity contribution in [2.45, 2.75) is 19.4 Å². The van der Waals surface area contributed by atoms with Gasteiger partial charge < -0.3 is 14.7 Å². The van der Waals surface area contributed by atoms with Crippen molar-refractivity contribution in [1.29, 1.82) is 0 Å². The Kier molecular flexibility index (Phi) is 4.89. The van der Waals surface area contributed by atoms with Crippen molar-refractivity contribution in [1.82, 2.24) is 4.90 Å². The summed E-state index contributed by atoms with van der Waals surface area (Å²) in [5.74, 6) is -2.53. The second-order valence-corrected chi connectivity index (χ2v) is 5.22. The zero-order valence-electron chi connectivity index (χ0n) is 12.3. The first-order chi connectivity index (χ1) is 10.8. The number of hydrogen-bond donors (Lipinski definition) is 1. The van der Waals surface area contributed by atoms with Gasteiger partial charge in [0.05, 0.1) is 24.1 Å². The third kappa shape index (κ3) is 3.81. The van der Waals surface area contributed by atoms with Gasteiger partial charge in [-0.25, -0.2) is 4.39 Å². The fourth-order valence-electron chi connectivity index (χ4n) is 2.53. The quantitative estimate of drug-likeness (QED) is 0.661. The van der Waals surface area contributed by atoms with Crippen LogP contribution in [0.4, 0.5) is 10.1 Å². The number of nitrogens with zero attached hydrogens (tertiary/aromatic N) is 2. The van der Waals surface area contributed by atoms with Gasteiger partial charge in [-0.3, -0.25) is 19.7 Å². The van der Waals surface area contributed by atoms with Gasteiger partial charge in [-0.05, 0) is 19.1 Å². The number of rotatable bonds is 4. The lowest BCUT2D eigenvalue weighted by molar-refractivity contribution is -0.385. The standard InChI is InChI=1S/C14H15FN2O6/c1-8-4-9(15)5-11(13(8)17(21)22)14(20)16-2-3-23-10(7-16)6-12(18)19/h4-5,10H,2-3,6-7H2,1H3,(H,18,19). The molecule has 1 fully saturated rings. The maximum Gasteiger partial charge on any atom is 0.306 e. The van der Waals surface area contributed by atoms with Crippen molar-refractivity contribution < 1.29 is 28.7 Å². The average Bonchev–Trinajstić information content (AvgIpc) is 2.44. The smallest absolute Gasteiger partial charge is 0.306 e. The summed E-state index contributed by atoms with van der Waals surface area (Å²) in [5, 5.41) is 19.9. The number of hydrogen-bond acceptors (Lipinski definition) is 5. The van der Waals surface area contributed by atoms with Crippen molar-refractivity contribution in [2.24, 2.45) is 0 Å². The van der Waals surface area contributed by atoms with Crippen LogP contribution in [-0.2, 0) is 9.53 Å². The summed E-state index contributed by atoms with van der Waals surface area (Å²) in [7, 11) is 0. The number of carbonyl (C=O) groups excluding carboxylic acids is 1. The molecule has 1 heterocycles. The number of benzene rings is 1. The van der Waals surface area contributed by atoms with E-state index in [9.17, 15) is 24.1 Å². The van der Waals surface area contributed by atoms with E-state index in [-0.39, 0.29) is 37.2 Å². The van der Waals surface area contributed by atoms with Crippen LogP contribution in [0.2, 0.25) is 0 Å². The van der Waals surface area contributed by atoms with Gasteiger partial charge in [0.15, 0.2) is 0 Å². The van der Waals surface area contributed by atoms with Crippen LogP contribution >= 0.6 is 0 Å². The zero-order chi connectivity index (χ0) is 17.1. The molecule has 1 N–H and O–H groups in total. The molecule has 1 amide bonds. The van der Waals surface area contributed by atoms with Crippen molar-refractivity contribution in [3.05, 3.63) is 39.2 Å². The van der Waals surface area contributed by atoms with E-state index in [1.165, 1.54) is 11.8 Å². The fraction of sp³-hybridized carbons (Fsp3) is 0.429. The molecule has 0 aliphatic carbocycles. The van der Waals surface area contributed by atoms with Crippen LogP contribution in [0.25, 0.3) is 0 Å². The van der Waals surface area contributed by atoms with Gasteiger partial charge >= 0.3 is 5.97 Å². The molecule has 1 aliphatic rings. The lowest BCUT2D eigenvalue weighted by Gasteiger charge is -2.32. The van der Waals surface area contributed by atoms with Gasteiger partial charge in [0.1, 0.15) is 11.4 Å². The minimum Gasteiger partial charge on any atom is -0.481 e. The molecule has 9 heteroatoms. The van der Waals surface area contributed by atoms with Gasteiger partial charge in [0.2, 0.25) is 0 Å². The first-order valence-corrected chi connectivity index (χ1v) is 6.86. The number of carboxylic acids is 1. The van der Waals surface area contributed by atoms with E-state index >= 15 is 0 Å². The van der Waals surface area contributed by atoms with E-state index in [0.29, 0.717) is 0 Å². The number of nitro benzene ring substituents is 1. The maximum atomic E-state index is 13.6.